The van der Waals surface area contributed by atoms with Gasteiger partial charge >= 0.3 is 0 Å². The number of nitrogens with zero attached hydrogens (tertiary/aromatic N) is 4. The smallest absolute Gasteiger partial charge is 0.159 e. The fourth-order valence-electron chi connectivity index (χ4n) is 1.71. The molecule has 0 bridgehead atoms. The summed E-state index contributed by atoms with van der Waals surface area (Å²) in [5.41, 5.74) is 3.67. The zero-order valence-electron chi connectivity index (χ0n) is 9.59. The normalized spacial score (nSPS) is 14.9. The summed E-state index contributed by atoms with van der Waals surface area (Å²) < 4.78 is 1.74. The first-order valence-corrected chi connectivity index (χ1v) is 5.63. The Morgan fingerprint density at radius 1 is 1.41 bits per heavy atom. The Labute approximate surface area is 98.8 Å². The highest BCUT2D eigenvalue weighted by Gasteiger charge is 2.27. The molecule has 1 fully saturated rings. The summed E-state index contributed by atoms with van der Waals surface area (Å²) in [7, 11) is 0. The molecule has 17 heavy (non-hydrogen) atoms. The predicted octanol–water partition coefficient (Wildman–Crippen LogP) is 1.13. The lowest BCUT2D eigenvalue weighted by Crippen LogP contribution is -2.12. The van der Waals surface area contributed by atoms with Gasteiger partial charge in [-0.2, -0.15) is 5.10 Å². The van der Waals surface area contributed by atoms with Crippen LogP contribution in [0.15, 0.2) is 18.5 Å². The maximum absolute atomic E-state index is 5.42. The summed E-state index contributed by atoms with van der Waals surface area (Å²) in [6.07, 6.45) is 6.05. The van der Waals surface area contributed by atoms with Gasteiger partial charge in [0.2, 0.25) is 0 Å². The van der Waals surface area contributed by atoms with Crippen LogP contribution in [-0.4, -0.2) is 19.7 Å². The van der Waals surface area contributed by atoms with Crippen molar-refractivity contribution in [3.8, 4) is 5.82 Å². The van der Waals surface area contributed by atoms with Crippen molar-refractivity contribution in [3.05, 3.63) is 29.8 Å². The molecule has 1 aliphatic carbocycles. The van der Waals surface area contributed by atoms with Gasteiger partial charge in [-0.1, -0.05) is 0 Å². The molecule has 0 amide bonds. The van der Waals surface area contributed by atoms with Crippen molar-refractivity contribution in [1.82, 2.24) is 19.7 Å². The van der Waals surface area contributed by atoms with E-state index in [4.69, 9.17) is 5.84 Å². The maximum atomic E-state index is 5.42. The van der Waals surface area contributed by atoms with Crippen molar-refractivity contribution in [3.63, 3.8) is 0 Å². The van der Waals surface area contributed by atoms with Gasteiger partial charge < -0.3 is 5.43 Å². The average Bonchev–Trinajstić information content (AvgIpc) is 3.11. The number of anilines is 1. The molecule has 0 saturated heterocycles. The number of hydrogen-bond donors (Lipinski definition) is 2. The Morgan fingerprint density at radius 3 is 2.82 bits per heavy atom. The van der Waals surface area contributed by atoms with Gasteiger partial charge in [-0.3, -0.25) is 0 Å². The summed E-state index contributed by atoms with van der Waals surface area (Å²) in [5.74, 6) is 8.14. The second kappa shape index (κ2) is 3.81. The molecule has 0 aromatic carbocycles. The van der Waals surface area contributed by atoms with Crippen molar-refractivity contribution >= 4 is 5.82 Å². The third-order valence-electron chi connectivity index (χ3n) is 2.77. The highest BCUT2D eigenvalue weighted by atomic mass is 15.3. The summed E-state index contributed by atoms with van der Waals surface area (Å²) in [4.78, 5) is 8.88. The number of hydrogen-bond acceptors (Lipinski definition) is 5. The molecule has 2 aromatic rings. The number of rotatable bonds is 3. The van der Waals surface area contributed by atoms with Gasteiger partial charge in [-0.15, -0.1) is 0 Å². The summed E-state index contributed by atoms with van der Waals surface area (Å²) >= 11 is 0. The highest BCUT2D eigenvalue weighted by molar-refractivity contribution is 5.41. The minimum atomic E-state index is 0.485. The molecule has 1 aliphatic rings. The lowest BCUT2D eigenvalue weighted by Gasteiger charge is -2.06. The van der Waals surface area contributed by atoms with Gasteiger partial charge in [-0.05, 0) is 25.3 Å². The van der Waals surface area contributed by atoms with Crippen molar-refractivity contribution in [2.24, 2.45) is 5.84 Å². The van der Waals surface area contributed by atoms with E-state index in [-0.39, 0.29) is 0 Å². The monoisotopic (exact) mass is 230 g/mol. The number of nitrogens with one attached hydrogen (secondary N) is 1. The Morgan fingerprint density at radius 2 is 2.24 bits per heavy atom. The molecule has 0 atom stereocenters. The molecule has 0 radical (unpaired) electrons. The van der Waals surface area contributed by atoms with Crippen molar-refractivity contribution in [2.75, 3.05) is 5.43 Å². The summed E-state index contributed by atoms with van der Waals surface area (Å²) in [5, 5.41) is 4.24. The standard InChI is InChI=1S/C11H14N6/c1-7-5-13-17(6-7)10-4-9(16-12)14-11(15-10)8-2-3-8/h4-6,8H,2-3,12H2,1H3,(H,14,15,16). The van der Waals surface area contributed by atoms with Gasteiger partial charge in [0.05, 0.1) is 6.20 Å². The van der Waals surface area contributed by atoms with Gasteiger partial charge in [0.1, 0.15) is 11.6 Å². The van der Waals surface area contributed by atoms with Gasteiger partial charge in [-0.25, -0.2) is 20.5 Å². The predicted molar refractivity (Wildman–Crippen MR) is 63.7 cm³/mol. The van der Waals surface area contributed by atoms with E-state index in [2.05, 4.69) is 20.5 Å². The fraction of sp³-hybridized carbons (Fsp3) is 0.364. The minimum Gasteiger partial charge on any atom is -0.308 e. The molecule has 6 nitrogen and oxygen atoms in total. The molecule has 0 unspecified atom stereocenters. The van der Waals surface area contributed by atoms with Crippen molar-refractivity contribution in [1.29, 1.82) is 0 Å². The van der Waals surface area contributed by atoms with Crippen LogP contribution in [0, 0.1) is 6.92 Å². The fourth-order valence-corrected chi connectivity index (χ4v) is 1.71. The molecule has 1 saturated carbocycles. The van der Waals surface area contributed by atoms with Gasteiger partial charge in [0, 0.05) is 18.2 Å². The second-order valence-electron chi connectivity index (χ2n) is 4.35. The van der Waals surface area contributed by atoms with Gasteiger partial charge in [0.25, 0.3) is 0 Å². The Kier molecular flexibility index (Phi) is 2.29. The van der Waals surface area contributed by atoms with E-state index in [0.717, 1.165) is 30.0 Å². The Hall–Kier alpha value is -1.95. The molecule has 0 aliphatic heterocycles. The van der Waals surface area contributed by atoms with Crippen LogP contribution < -0.4 is 11.3 Å². The molecule has 2 heterocycles. The zero-order chi connectivity index (χ0) is 11.8. The van der Waals surface area contributed by atoms with Crippen LogP contribution in [0.3, 0.4) is 0 Å². The summed E-state index contributed by atoms with van der Waals surface area (Å²) in [6, 6.07) is 1.79. The van der Waals surface area contributed by atoms with Crippen molar-refractivity contribution in [2.45, 2.75) is 25.7 Å². The van der Waals surface area contributed by atoms with E-state index < -0.39 is 0 Å². The topological polar surface area (TPSA) is 81.7 Å². The van der Waals surface area contributed by atoms with E-state index in [0.29, 0.717) is 11.7 Å². The quantitative estimate of drug-likeness (QED) is 0.610. The van der Waals surface area contributed by atoms with Crippen LogP contribution in [0.5, 0.6) is 0 Å². The molecule has 3 N–H and O–H groups in total. The van der Waals surface area contributed by atoms with Gasteiger partial charge in [0.15, 0.2) is 5.82 Å². The van der Waals surface area contributed by atoms with E-state index in [1.54, 1.807) is 16.9 Å². The molecular weight excluding hydrogens is 216 g/mol. The molecule has 6 heteroatoms. The lowest BCUT2D eigenvalue weighted by atomic mass is 10.4. The van der Waals surface area contributed by atoms with E-state index in [1.165, 1.54) is 0 Å². The first-order chi connectivity index (χ1) is 8.26. The minimum absolute atomic E-state index is 0.485. The Balaban J connectivity index is 2.05. The number of nitrogens with two attached hydrogens (primary N) is 1. The van der Waals surface area contributed by atoms with E-state index >= 15 is 0 Å². The van der Waals surface area contributed by atoms with Crippen molar-refractivity contribution < 1.29 is 0 Å². The summed E-state index contributed by atoms with van der Waals surface area (Å²) in [6.45, 7) is 1.99. The van der Waals surface area contributed by atoms with E-state index in [1.807, 2.05) is 13.1 Å². The molecule has 0 spiro atoms. The second-order valence-corrected chi connectivity index (χ2v) is 4.35. The van der Waals surface area contributed by atoms with E-state index in [9.17, 15) is 0 Å². The SMILES string of the molecule is Cc1cnn(-c2cc(NN)nc(C3CC3)n2)c1. The first-order valence-electron chi connectivity index (χ1n) is 5.63. The lowest BCUT2D eigenvalue weighted by molar-refractivity contribution is 0.810. The third kappa shape index (κ3) is 1.99. The zero-order valence-corrected chi connectivity index (χ0v) is 9.59. The van der Waals surface area contributed by atoms with Crippen LogP contribution in [0.4, 0.5) is 5.82 Å². The maximum Gasteiger partial charge on any atom is 0.159 e. The molecule has 2 aromatic heterocycles. The average molecular weight is 230 g/mol. The van der Waals surface area contributed by atoms with Crippen LogP contribution in [0.2, 0.25) is 0 Å². The first kappa shape index (κ1) is 10.2. The molecule has 3 rings (SSSR count). The third-order valence-corrected chi connectivity index (χ3v) is 2.77. The molecular formula is C11H14N6. The number of aromatic nitrogens is 4. The van der Waals surface area contributed by atoms with Crippen LogP contribution in [0.25, 0.3) is 5.82 Å². The van der Waals surface area contributed by atoms with Crippen LogP contribution in [-0.2, 0) is 0 Å². The Bertz CT molecular complexity index is 543. The largest absolute Gasteiger partial charge is 0.308 e. The number of nitrogen functional groups attached to an aromatic ring is 1. The number of aryl methyl sites for hydroxylation is 1. The molecule has 88 valence electrons. The van der Waals surface area contributed by atoms with Crippen LogP contribution >= 0.6 is 0 Å². The van der Waals surface area contributed by atoms with Crippen LogP contribution in [0.1, 0.15) is 30.1 Å². The number of hydrazine groups is 1. The highest BCUT2D eigenvalue weighted by Crippen LogP contribution is 2.38.